The maximum Gasteiger partial charge on any atom is 0.266 e. The van der Waals surface area contributed by atoms with E-state index in [1.54, 1.807) is 32.1 Å². The fourth-order valence-corrected chi connectivity index (χ4v) is 8.06. The number of para-hydroxylation sites is 1. The Hall–Kier alpha value is -2.79. The average molecular weight is 609 g/mol. The van der Waals surface area contributed by atoms with Crippen LogP contribution in [0.3, 0.4) is 0 Å². The van der Waals surface area contributed by atoms with E-state index < -0.39 is 10.0 Å². The molecule has 0 spiro atoms. The molecule has 2 aromatic carbocycles. The highest BCUT2D eigenvalue weighted by Gasteiger charge is 2.32. The van der Waals surface area contributed by atoms with Gasteiger partial charge in [-0.3, -0.25) is 9.69 Å². The van der Waals surface area contributed by atoms with Crippen LogP contribution in [-0.4, -0.2) is 57.3 Å². The zero-order valence-corrected chi connectivity index (χ0v) is 25.8. The number of piperidine rings is 1. The number of amides is 1. The van der Waals surface area contributed by atoms with Gasteiger partial charge in [-0.15, -0.1) is 0 Å². The van der Waals surface area contributed by atoms with Crippen molar-refractivity contribution in [2.24, 2.45) is 0 Å². The summed E-state index contributed by atoms with van der Waals surface area (Å²) in [7, 11) is -3.61. The van der Waals surface area contributed by atoms with Crippen molar-refractivity contribution in [3.63, 3.8) is 0 Å². The SMILES string of the molecule is CCCCCCCN1C(=O)/C(=C\c2cn(-c3ccccc3)nc2-c2cccc(S(=O)(=O)N3CCCCC3)c2)SC1=S. The highest BCUT2D eigenvalue weighted by Crippen LogP contribution is 2.36. The van der Waals surface area contributed by atoms with E-state index in [9.17, 15) is 13.2 Å². The number of carbonyl (C=O) groups excluding carboxylic acids is 1. The van der Waals surface area contributed by atoms with Crippen molar-refractivity contribution >= 4 is 50.3 Å². The van der Waals surface area contributed by atoms with Crippen LogP contribution in [0.4, 0.5) is 0 Å². The normalized spacial score (nSPS) is 17.6. The summed E-state index contributed by atoms with van der Waals surface area (Å²) in [6.45, 7) is 3.89. The molecule has 2 saturated heterocycles. The standard InChI is InChI=1S/C31H36N4O3S3/c1-2-3-4-5-12-20-34-30(36)28(40-31(34)39)22-25-23-35(26-15-8-6-9-16-26)32-29(25)24-14-13-17-27(21-24)41(37,38)33-18-10-7-11-19-33/h6,8-9,13-17,21-23H,2-5,7,10-12,18-20H2,1H3/b28-22+. The van der Waals surface area contributed by atoms with Crippen LogP contribution in [0.5, 0.6) is 0 Å². The summed E-state index contributed by atoms with van der Waals surface area (Å²) in [6, 6.07) is 16.7. The van der Waals surface area contributed by atoms with E-state index in [0.29, 0.717) is 40.1 Å². The van der Waals surface area contributed by atoms with Crippen LogP contribution in [0.2, 0.25) is 0 Å². The molecular formula is C31H36N4O3S3. The lowest BCUT2D eigenvalue weighted by Crippen LogP contribution is -2.35. The molecule has 0 N–H and O–H groups in total. The van der Waals surface area contributed by atoms with Gasteiger partial charge < -0.3 is 0 Å². The molecule has 3 aromatic rings. The number of aromatic nitrogens is 2. The molecule has 41 heavy (non-hydrogen) atoms. The first-order valence-corrected chi connectivity index (χ1v) is 17.1. The van der Waals surface area contributed by atoms with Gasteiger partial charge in [0.25, 0.3) is 5.91 Å². The summed E-state index contributed by atoms with van der Waals surface area (Å²) in [5.41, 5.74) is 2.87. The van der Waals surface area contributed by atoms with Gasteiger partial charge in [-0.2, -0.15) is 9.40 Å². The van der Waals surface area contributed by atoms with Gasteiger partial charge in [0.2, 0.25) is 10.0 Å². The van der Waals surface area contributed by atoms with Gasteiger partial charge in [-0.05, 0) is 49.6 Å². The van der Waals surface area contributed by atoms with Gasteiger partial charge in [-0.1, -0.05) is 93.3 Å². The van der Waals surface area contributed by atoms with Crippen LogP contribution >= 0.6 is 24.0 Å². The van der Waals surface area contributed by atoms with Crippen molar-refractivity contribution in [3.05, 3.63) is 71.3 Å². The Bertz CT molecular complexity index is 1530. The molecule has 2 aliphatic rings. The summed E-state index contributed by atoms with van der Waals surface area (Å²) in [5.74, 6) is -0.0877. The molecule has 0 atom stereocenters. The number of benzene rings is 2. The van der Waals surface area contributed by atoms with E-state index in [-0.39, 0.29) is 10.8 Å². The molecule has 5 rings (SSSR count). The monoisotopic (exact) mass is 608 g/mol. The predicted molar refractivity (Wildman–Crippen MR) is 170 cm³/mol. The molecule has 10 heteroatoms. The van der Waals surface area contributed by atoms with Crippen molar-refractivity contribution in [2.75, 3.05) is 19.6 Å². The summed E-state index contributed by atoms with van der Waals surface area (Å²) >= 11 is 6.88. The topological polar surface area (TPSA) is 75.5 Å². The Morgan fingerprint density at radius 2 is 1.73 bits per heavy atom. The van der Waals surface area contributed by atoms with Gasteiger partial charge in [0.1, 0.15) is 10.0 Å². The van der Waals surface area contributed by atoms with Crippen LogP contribution in [0, 0.1) is 0 Å². The van der Waals surface area contributed by atoms with Crippen molar-refractivity contribution in [1.29, 1.82) is 0 Å². The molecule has 216 valence electrons. The van der Waals surface area contributed by atoms with Gasteiger partial charge in [-0.25, -0.2) is 13.1 Å². The van der Waals surface area contributed by atoms with E-state index >= 15 is 0 Å². The van der Waals surface area contributed by atoms with Crippen LogP contribution in [0.15, 0.2) is 70.6 Å². The van der Waals surface area contributed by atoms with E-state index in [1.165, 1.54) is 24.6 Å². The highest BCUT2D eigenvalue weighted by molar-refractivity contribution is 8.26. The lowest BCUT2D eigenvalue weighted by Gasteiger charge is -2.26. The van der Waals surface area contributed by atoms with Crippen molar-refractivity contribution in [2.45, 2.75) is 63.2 Å². The van der Waals surface area contributed by atoms with Gasteiger partial charge >= 0.3 is 0 Å². The van der Waals surface area contributed by atoms with Crippen LogP contribution in [0.1, 0.15) is 63.9 Å². The largest absolute Gasteiger partial charge is 0.293 e. The second kappa shape index (κ2) is 13.5. The molecule has 0 unspecified atom stereocenters. The van der Waals surface area contributed by atoms with Crippen molar-refractivity contribution in [1.82, 2.24) is 19.0 Å². The molecule has 2 fully saturated rings. The Labute approximate surface area is 252 Å². The first-order chi connectivity index (χ1) is 19.9. The quantitative estimate of drug-likeness (QED) is 0.134. The van der Waals surface area contributed by atoms with Gasteiger partial charge in [0.15, 0.2) is 0 Å². The Balaban J connectivity index is 1.48. The van der Waals surface area contributed by atoms with Crippen molar-refractivity contribution < 1.29 is 13.2 Å². The molecular weight excluding hydrogens is 573 g/mol. The molecule has 7 nitrogen and oxygen atoms in total. The Kier molecular flexibility index (Phi) is 9.75. The first-order valence-electron chi connectivity index (χ1n) is 14.4. The number of unbranched alkanes of at least 4 members (excludes halogenated alkanes) is 4. The number of hydrogen-bond donors (Lipinski definition) is 0. The molecule has 0 bridgehead atoms. The molecule has 0 radical (unpaired) electrons. The molecule has 3 heterocycles. The van der Waals surface area contributed by atoms with E-state index in [1.807, 2.05) is 48.7 Å². The minimum atomic E-state index is -3.61. The average Bonchev–Trinajstić information content (AvgIpc) is 3.54. The number of nitrogens with zero attached hydrogens (tertiary/aromatic N) is 4. The van der Waals surface area contributed by atoms with Gasteiger partial charge in [0.05, 0.1) is 15.5 Å². The lowest BCUT2D eigenvalue weighted by molar-refractivity contribution is -0.122. The number of rotatable bonds is 11. The number of thiocarbonyl (C=S) groups is 1. The predicted octanol–water partition coefficient (Wildman–Crippen LogP) is 6.89. The lowest BCUT2D eigenvalue weighted by atomic mass is 10.1. The number of hydrogen-bond acceptors (Lipinski definition) is 6. The minimum Gasteiger partial charge on any atom is -0.293 e. The summed E-state index contributed by atoms with van der Waals surface area (Å²) < 4.78 is 30.8. The van der Waals surface area contributed by atoms with Crippen LogP contribution in [0.25, 0.3) is 23.0 Å². The third-order valence-electron chi connectivity index (χ3n) is 7.47. The molecule has 1 amide bonds. The molecule has 0 aliphatic carbocycles. The second-order valence-electron chi connectivity index (χ2n) is 10.5. The first kappa shape index (κ1) is 29.7. The smallest absolute Gasteiger partial charge is 0.266 e. The second-order valence-corrected chi connectivity index (χ2v) is 14.1. The zero-order valence-electron chi connectivity index (χ0n) is 23.4. The number of carbonyl (C=O) groups is 1. The van der Waals surface area contributed by atoms with E-state index in [2.05, 4.69) is 6.92 Å². The van der Waals surface area contributed by atoms with E-state index in [0.717, 1.165) is 49.8 Å². The third-order valence-corrected chi connectivity index (χ3v) is 10.7. The molecule has 2 aliphatic heterocycles. The van der Waals surface area contributed by atoms with Crippen molar-refractivity contribution in [3.8, 4) is 16.9 Å². The maximum absolute atomic E-state index is 13.4. The fraction of sp³-hybridized carbons (Fsp3) is 0.387. The maximum atomic E-state index is 13.4. The molecule has 1 aromatic heterocycles. The Morgan fingerprint density at radius 3 is 2.49 bits per heavy atom. The summed E-state index contributed by atoms with van der Waals surface area (Å²) in [5, 5.41) is 4.87. The summed E-state index contributed by atoms with van der Waals surface area (Å²) in [4.78, 5) is 15.9. The zero-order chi connectivity index (χ0) is 28.8. The molecule has 0 saturated carbocycles. The number of sulfonamides is 1. The fourth-order valence-electron chi connectivity index (χ4n) is 5.20. The number of thioether (sulfide) groups is 1. The summed E-state index contributed by atoms with van der Waals surface area (Å²) in [6.07, 6.45) is 12.1. The van der Waals surface area contributed by atoms with Crippen LogP contribution < -0.4 is 0 Å². The van der Waals surface area contributed by atoms with Gasteiger partial charge in [0, 0.05) is 37.0 Å². The minimum absolute atomic E-state index is 0.0877. The third kappa shape index (κ3) is 6.83. The Morgan fingerprint density at radius 1 is 0.976 bits per heavy atom. The van der Waals surface area contributed by atoms with E-state index in [4.69, 9.17) is 17.3 Å². The highest BCUT2D eigenvalue weighted by atomic mass is 32.2. The van der Waals surface area contributed by atoms with Crippen LogP contribution in [-0.2, 0) is 14.8 Å².